The Labute approximate surface area is 175 Å². The molecule has 0 saturated carbocycles. The summed E-state index contributed by atoms with van der Waals surface area (Å²) in [7, 11) is 0. The lowest BCUT2D eigenvalue weighted by Gasteiger charge is -2.41. The Hall–Kier alpha value is -2.26. The maximum atomic E-state index is 13.4. The van der Waals surface area contributed by atoms with Gasteiger partial charge in [0, 0.05) is 28.2 Å². The van der Waals surface area contributed by atoms with E-state index in [9.17, 15) is 27.2 Å². The summed E-state index contributed by atoms with van der Waals surface area (Å²) >= 11 is 1.14. The van der Waals surface area contributed by atoms with Crippen LogP contribution in [-0.4, -0.2) is 17.3 Å². The first-order valence-corrected chi connectivity index (χ1v) is 9.99. The molecule has 1 aliphatic rings. The van der Waals surface area contributed by atoms with Gasteiger partial charge in [-0.05, 0) is 51.5 Å². The first-order chi connectivity index (χ1) is 13.6. The van der Waals surface area contributed by atoms with Crippen molar-refractivity contribution in [3.63, 3.8) is 0 Å². The lowest BCUT2D eigenvalue weighted by Crippen LogP contribution is -2.42. The fourth-order valence-electron chi connectivity index (χ4n) is 4.02. The summed E-state index contributed by atoms with van der Waals surface area (Å²) < 4.78 is 59.4. The van der Waals surface area contributed by atoms with Gasteiger partial charge < -0.3 is 10.5 Å². The lowest BCUT2D eigenvalue weighted by atomic mass is 9.85. The highest BCUT2D eigenvalue weighted by Crippen LogP contribution is 2.46. The molecule has 0 fully saturated rings. The molecule has 2 aromatic rings. The predicted molar refractivity (Wildman–Crippen MR) is 104 cm³/mol. The fraction of sp³-hybridized carbons (Fsp3) is 0.429. The highest BCUT2D eigenvalue weighted by atomic mass is 32.1. The third kappa shape index (κ3) is 4.13. The van der Waals surface area contributed by atoms with Crippen LogP contribution in [0, 0.1) is 5.82 Å². The Morgan fingerprint density at radius 2 is 1.83 bits per heavy atom. The molecule has 0 atom stereocenters. The van der Waals surface area contributed by atoms with Crippen molar-refractivity contribution >= 4 is 23.0 Å². The summed E-state index contributed by atoms with van der Waals surface area (Å²) in [6, 6.07) is 1.91. The van der Waals surface area contributed by atoms with Gasteiger partial charge >= 0.3 is 6.18 Å². The number of nitrogens with two attached hydrogens (primary N) is 1. The molecule has 0 saturated heterocycles. The Kier molecular flexibility index (Phi) is 5.35. The van der Waals surface area contributed by atoms with E-state index in [0.717, 1.165) is 23.5 Å². The average molecular weight is 443 g/mol. The highest BCUT2D eigenvalue weighted by molar-refractivity contribution is 7.12. The number of rotatable bonds is 4. The van der Waals surface area contributed by atoms with E-state index in [1.54, 1.807) is 0 Å². The average Bonchev–Trinajstić information content (AvgIpc) is 2.90. The Bertz CT molecular complexity index is 1040. The van der Waals surface area contributed by atoms with Crippen LogP contribution in [0.25, 0.3) is 0 Å². The van der Waals surface area contributed by atoms with Crippen molar-refractivity contribution in [1.29, 1.82) is 0 Å². The summed E-state index contributed by atoms with van der Waals surface area (Å²) in [6.07, 6.45) is -4.98. The maximum Gasteiger partial charge on any atom is 0.417 e. The second-order valence-electron chi connectivity index (χ2n) is 8.41. The second kappa shape index (κ2) is 7.16. The van der Waals surface area contributed by atoms with Crippen molar-refractivity contribution in [2.45, 2.75) is 57.9 Å². The van der Waals surface area contributed by atoms with Crippen LogP contribution < -0.4 is 5.73 Å². The van der Waals surface area contributed by atoms with E-state index in [0.29, 0.717) is 22.9 Å². The monoisotopic (exact) mass is 443 g/mol. The topological polar surface area (TPSA) is 69.4 Å². The van der Waals surface area contributed by atoms with Crippen LogP contribution in [0.1, 0.15) is 69.3 Å². The van der Waals surface area contributed by atoms with E-state index >= 15 is 0 Å². The minimum Gasteiger partial charge on any atom is -0.366 e. The van der Waals surface area contributed by atoms with Crippen molar-refractivity contribution in [3.05, 3.63) is 56.0 Å². The molecule has 3 rings (SSSR count). The number of benzene rings is 1. The van der Waals surface area contributed by atoms with E-state index in [4.69, 9.17) is 10.5 Å². The number of carbonyl (C=O) groups is 2. The first-order valence-electron chi connectivity index (χ1n) is 9.17. The fourth-order valence-corrected chi connectivity index (χ4v) is 5.38. The van der Waals surface area contributed by atoms with Crippen LogP contribution in [0.15, 0.2) is 18.2 Å². The Morgan fingerprint density at radius 1 is 1.20 bits per heavy atom. The number of ether oxygens (including phenoxy) is 1. The smallest absolute Gasteiger partial charge is 0.366 e. The zero-order chi connectivity index (χ0) is 22.6. The second-order valence-corrected chi connectivity index (χ2v) is 9.51. The van der Waals surface area contributed by atoms with Crippen LogP contribution in [0.2, 0.25) is 0 Å². The molecule has 0 unspecified atom stereocenters. The SMILES string of the molecule is CC1(C)Cc2c(sc(CC(=O)c3ccc(F)cc3C(F)(F)F)c2C(N)=O)C(C)(C)O1. The maximum absolute atomic E-state index is 13.4. The van der Waals surface area contributed by atoms with Crippen LogP contribution in [0.4, 0.5) is 17.6 Å². The van der Waals surface area contributed by atoms with E-state index in [2.05, 4.69) is 0 Å². The van der Waals surface area contributed by atoms with Gasteiger partial charge in [-0.15, -0.1) is 11.3 Å². The van der Waals surface area contributed by atoms with Crippen LogP contribution in [-0.2, 0) is 29.4 Å². The Balaban J connectivity index is 2.09. The number of carbonyl (C=O) groups excluding carboxylic acids is 2. The van der Waals surface area contributed by atoms with Crippen molar-refractivity contribution < 1.29 is 31.9 Å². The standard InChI is InChI=1S/C21H21F4NO3S/c1-19(2)9-12-16(18(26)28)15(30-17(12)20(3,4)29-19)8-14(27)11-6-5-10(22)7-13(11)21(23,24)25/h5-7H,8-9H2,1-4H3,(H2,26,28). The molecule has 1 aromatic heterocycles. The molecule has 9 heteroatoms. The molecule has 162 valence electrons. The minimum atomic E-state index is -4.89. The third-order valence-corrected chi connectivity index (χ3v) is 6.45. The molecule has 4 nitrogen and oxygen atoms in total. The number of halogens is 4. The summed E-state index contributed by atoms with van der Waals surface area (Å²) in [6.45, 7) is 7.36. The zero-order valence-corrected chi connectivity index (χ0v) is 17.7. The van der Waals surface area contributed by atoms with Gasteiger partial charge in [0.1, 0.15) is 5.82 Å². The number of fused-ring (bicyclic) bond motifs is 1. The van der Waals surface area contributed by atoms with Gasteiger partial charge in [-0.2, -0.15) is 13.2 Å². The van der Waals surface area contributed by atoms with Gasteiger partial charge in [-0.1, -0.05) is 0 Å². The first kappa shape index (κ1) is 22.4. The van der Waals surface area contributed by atoms with Gasteiger partial charge in [0.25, 0.3) is 0 Å². The summed E-state index contributed by atoms with van der Waals surface area (Å²) in [5.41, 5.74) is 3.04. The Morgan fingerprint density at radius 3 is 2.40 bits per heavy atom. The summed E-state index contributed by atoms with van der Waals surface area (Å²) in [4.78, 5) is 26.0. The molecule has 1 amide bonds. The highest BCUT2D eigenvalue weighted by Gasteiger charge is 2.43. The van der Waals surface area contributed by atoms with Crippen molar-refractivity contribution in [1.82, 2.24) is 0 Å². The quantitative estimate of drug-likeness (QED) is 0.533. The number of hydrogen-bond donors (Lipinski definition) is 1. The largest absolute Gasteiger partial charge is 0.417 e. The van der Waals surface area contributed by atoms with E-state index in [1.807, 2.05) is 27.7 Å². The summed E-state index contributed by atoms with van der Waals surface area (Å²) in [5, 5.41) is 0. The molecule has 0 bridgehead atoms. The van der Waals surface area contributed by atoms with Crippen molar-refractivity contribution in [3.8, 4) is 0 Å². The lowest BCUT2D eigenvalue weighted by molar-refractivity contribution is -0.138. The van der Waals surface area contributed by atoms with Gasteiger partial charge in [-0.25, -0.2) is 4.39 Å². The van der Waals surface area contributed by atoms with Crippen molar-refractivity contribution in [2.75, 3.05) is 0 Å². The number of thiophene rings is 1. The van der Waals surface area contributed by atoms with Gasteiger partial charge in [0.05, 0.1) is 22.3 Å². The normalized spacial score (nSPS) is 17.5. The van der Waals surface area contributed by atoms with E-state index < -0.39 is 52.4 Å². The van der Waals surface area contributed by atoms with Crippen molar-refractivity contribution in [2.24, 2.45) is 5.73 Å². The van der Waals surface area contributed by atoms with Gasteiger partial charge in [-0.3, -0.25) is 9.59 Å². The van der Waals surface area contributed by atoms with Crippen LogP contribution in [0.5, 0.6) is 0 Å². The molecule has 0 spiro atoms. The predicted octanol–water partition coefficient (Wildman–Crippen LogP) is 5.02. The third-order valence-electron chi connectivity index (χ3n) is 4.92. The molecule has 2 N–H and O–H groups in total. The summed E-state index contributed by atoms with van der Waals surface area (Å²) in [5.74, 6) is -2.72. The van der Waals surface area contributed by atoms with Crippen LogP contribution >= 0.6 is 11.3 Å². The number of hydrogen-bond acceptors (Lipinski definition) is 4. The molecule has 30 heavy (non-hydrogen) atoms. The number of amides is 1. The molecule has 1 aromatic carbocycles. The molecule has 0 radical (unpaired) electrons. The van der Waals surface area contributed by atoms with Gasteiger partial charge in [0.2, 0.25) is 5.91 Å². The molecular formula is C21H21F4NO3S. The molecule has 2 heterocycles. The van der Waals surface area contributed by atoms with E-state index in [-0.39, 0.29) is 10.4 Å². The van der Waals surface area contributed by atoms with E-state index in [1.165, 1.54) is 0 Å². The molecular weight excluding hydrogens is 422 g/mol. The molecule has 1 aliphatic heterocycles. The number of alkyl halides is 3. The minimum absolute atomic E-state index is 0.156. The number of ketones is 1. The molecule has 0 aliphatic carbocycles. The number of Topliss-reactive ketones (excluding diaryl/α,β-unsaturated/α-hetero) is 1. The number of primary amides is 1. The zero-order valence-electron chi connectivity index (χ0n) is 16.9. The van der Waals surface area contributed by atoms with Gasteiger partial charge in [0.15, 0.2) is 5.78 Å². The van der Waals surface area contributed by atoms with Crippen LogP contribution in [0.3, 0.4) is 0 Å².